The number of anilines is 1. The van der Waals surface area contributed by atoms with Crippen molar-refractivity contribution in [1.29, 1.82) is 0 Å². The van der Waals surface area contributed by atoms with Crippen LogP contribution in [0.2, 0.25) is 16.6 Å². The van der Waals surface area contributed by atoms with Crippen LogP contribution in [0.15, 0.2) is 42.5 Å². The summed E-state index contributed by atoms with van der Waals surface area (Å²) in [6.07, 6.45) is -0.792. The van der Waals surface area contributed by atoms with Crippen LogP contribution in [0.1, 0.15) is 70.6 Å². The van der Waals surface area contributed by atoms with Crippen LogP contribution in [0, 0.1) is 0 Å². The number of piperidine rings is 1. The van der Waals surface area contributed by atoms with Crippen molar-refractivity contribution in [3.05, 3.63) is 59.2 Å². The van der Waals surface area contributed by atoms with E-state index in [-0.39, 0.29) is 18.6 Å². The first-order valence-corrected chi connectivity index (χ1v) is 20.1. The molecular formula is C38H60N2O8Si. The number of benzene rings is 2. The average molecular weight is 701 g/mol. The highest BCUT2D eigenvalue weighted by Crippen LogP contribution is 2.46. The Kier molecular flexibility index (Phi) is 14.8. The Labute approximate surface area is 295 Å². The molecular weight excluding hydrogens is 641 g/mol. The van der Waals surface area contributed by atoms with E-state index in [2.05, 4.69) is 76.8 Å². The lowest BCUT2D eigenvalue weighted by atomic mass is 9.84. The van der Waals surface area contributed by atoms with E-state index in [0.29, 0.717) is 62.8 Å². The first kappa shape index (κ1) is 39.1. The van der Waals surface area contributed by atoms with E-state index >= 15 is 0 Å². The quantitative estimate of drug-likeness (QED) is 0.127. The number of hydrogen-bond acceptors (Lipinski definition) is 8. The molecule has 2 aliphatic rings. The first-order chi connectivity index (χ1) is 23.5. The van der Waals surface area contributed by atoms with Crippen LogP contribution in [-0.4, -0.2) is 103 Å². The minimum Gasteiger partial charge on any atom is -0.490 e. The van der Waals surface area contributed by atoms with E-state index in [1.807, 2.05) is 12.1 Å². The summed E-state index contributed by atoms with van der Waals surface area (Å²) >= 11 is 0. The molecule has 1 amide bonds. The smallest absolute Gasteiger partial charge is 0.407 e. The molecule has 0 saturated carbocycles. The molecule has 0 aliphatic carbocycles. The van der Waals surface area contributed by atoms with E-state index in [0.717, 1.165) is 47.6 Å². The van der Waals surface area contributed by atoms with E-state index in [9.17, 15) is 9.90 Å². The lowest BCUT2D eigenvalue weighted by Gasteiger charge is -2.50. The van der Waals surface area contributed by atoms with Gasteiger partial charge in [-0.05, 0) is 51.9 Å². The molecule has 2 aliphatic heterocycles. The van der Waals surface area contributed by atoms with Crippen molar-refractivity contribution in [2.75, 3.05) is 71.7 Å². The molecule has 0 bridgehead atoms. The van der Waals surface area contributed by atoms with Crippen LogP contribution in [0.5, 0.6) is 5.75 Å². The maximum absolute atomic E-state index is 12.6. The topological polar surface area (TPSA) is 99.2 Å². The molecule has 10 nitrogen and oxygen atoms in total. The van der Waals surface area contributed by atoms with Crippen LogP contribution < -0.4 is 9.64 Å². The van der Waals surface area contributed by atoms with Gasteiger partial charge >= 0.3 is 6.09 Å². The number of likely N-dealkylation sites (tertiary alicyclic amines) is 1. The molecule has 11 heteroatoms. The minimum absolute atomic E-state index is 0.159. The van der Waals surface area contributed by atoms with E-state index in [1.165, 1.54) is 4.90 Å². The molecule has 0 radical (unpaired) electrons. The predicted octanol–water partition coefficient (Wildman–Crippen LogP) is 7.31. The summed E-state index contributed by atoms with van der Waals surface area (Å²) in [5.74, 6) is 0.714. The Balaban J connectivity index is 1.66. The molecule has 0 aromatic heterocycles. The molecule has 0 unspecified atom stereocenters. The molecule has 274 valence electrons. The summed E-state index contributed by atoms with van der Waals surface area (Å²) in [6.45, 7) is 19.1. The van der Waals surface area contributed by atoms with Crippen molar-refractivity contribution < 1.29 is 38.0 Å². The molecule has 1 saturated heterocycles. The monoisotopic (exact) mass is 700 g/mol. The van der Waals surface area contributed by atoms with Gasteiger partial charge in [-0.15, -0.1) is 0 Å². The normalized spacial score (nSPS) is 19.9. The number of hydrogen-bond donors (Lipinski definition) is 1. The standard InChI is InChI=1S/C38H60N2O8Si/c1-27(2)49(28(3)4,29(5)6)48-36-24-40(38(41)42)23-35(37(36)32-13-10-30(11-14-32)25-45-21-20-44-8)47-26-31-12-15-34-33(22-31)39(17-19-46-34)16-9-18-43-7/h10-15,22,27-29,35-37H,9,16-21,23-26H2,1-8H3,(H,41,42)/t35-,36+,37+/m0/s1. The Hall–Kier alpha value is -2.67. The number of methoxy groups -OCH3 is 2. The number of carboxylic acid groups (broad SMARTS) is 1. The van der Waals surface area contributed by atoms with Crippen LogP contribution in [0.3, 0.4) is 0 Å². The SMILES string of the molecule is COCCCN1CCOc2ccc(CO[C@H]3CN(C(=O)O)C[C@@H](O[Si](C(C)C)(C(C)C)C(C)C)[C@@H]3c3ccc(COCCOC)cc3)cc21. The maximum atomic E-state index is 12.6. The second kappa shape index (κ2) is 18.5. The number of fused-ring (bicyclic) bond motifs is 1. The van der Waals surface area contributed by atoms with Crippen molar-refractivity contribution in [1.82, 2.24) is 4.90 Å². The maximum Gasteiger partial charge on any atom is 0.407 e. The lowest BCUT2D eigenvalue weighted by molar-refractivity contribution is -0.0630. The highest BCUT2D eigenvalue weighted by atomic mass is 28.4. The molecule has 1 N–H and O–H groups in total. The van der Waals surface area contributed by atoms with Gasteiger partial charge in [-0.1, -0.05) is 71.9 Å². The minimum atomic E-state index is -2.38. The Morgan fingerprint density at radius 3 is 2.16 bits per heavy atom. The summed E-state index contributed by atoms with van der Waals surface area (Å²) in [5, 5.41) is 10.3. The molecule has 2 heterocycles. The third-order valence-corrected chi connectivity index (χ3v) is 16.3. The zero-order valence-corrected chi connectivity index (χ0v) is 32.0. The van der Waals surface area contributed by atoms with Crippen LogP contribution in [0.4, 0.5) is 10.5 Å². The van der Waals surface area contributed by atoms with Crippen LogP contribution in [-0.2, 0) is 36.6 Å². The lowest BCUT2D eigenvalue weighted by Crippen LogP contribution is -2.59. The second-order valence-electron chi connectivity index (χ2n) is 14.3. The fourth-order valence-corrected chi connectivity index (χ4v) is 13.5. The first-order valence-electron chi connectivity index (χ1n) is 17.9. The molecule has 2 aromatic rings. The summed E-state index contributed by atoms with van der Waals surface area (Å²) < 4.78 is 36.4. The second-order valence-corrected chi connectivity index (χ2v) is 19.7. The number of nitrogens with zero attached hydrogens (tertiary/aromatic N) is 2. The van der Waals surface area contributed by atoms with Gasteiger partial charge in [-0.3, -0.25) is 0 Å². The fourth-order valence-electron chi connectivity index (χ4n) is 7.91. The molecule has 0 spiro atoms. The number of rotatable bonds is 18. The van der Waals surface area contributed by atoms with Gasteiger partial charge in [-0.25, -0.2) is 4.79 Å². The summed E-state index contributed by atoms with van der Waals surface area (Å²) in [7, 11) is 1.01. The third-order valence-electron chi connectivity index (χ3n) is 10.2. The molecule has 4 rings (SSSR count). The number of ether oxygens (including phenoxy) is 5. The zero-order chi connectivity index (χ0) is 35.6. The fraction of sp³-hybridized carbons (Fsp3) is 0.658. The van der Waals surface area contributed by atoms with Crippen molar-refractivity contribution in [3.63, 3.8) is 0 Å². The summed E-state index contributed by atoms with van der Waals surface area (Å²) in [6, 6.07) is 14.7. The highest BCUT2D eigenvalue weighted by molar-refractivity contribution is 6.77. The largest absolute Gasteiger partial charge is 0.490 e. The van der Waals surface area contributed by atoms with Gasteiger partial charge in [0.15, 0.2) is 0 Å². The summed E-state index contributed by atoms with van der Waals surface area (Å²) in [5.41, 5.74) is 5.28. The van der Waals surface area contributed by atoms with Gasteiger partial charge in [0, 0.05) is 39.8 Å². The van der Waals surface area contributed by atoms with Crippen LogP contribution >= 0.6 is 0 Å². The van der Waals surface area contributed by atoms with Crippen molar-refractivity contribution in [2.45, 2.75) is 95.9 Å². The van der Waals surface area contributed by atoms with E-state index in [4.69, 9.17) is 28.1 Å². The third kappa shape index (κ3) is 9.77. The van der Waals surface area contributed by atoms with Gasteiger partial charge in [0.2, 0.25) is 8.32 Å². The van der Waals surface area contributed by atoms with Gasteiger partial charge in [-0.2, -0.15) is 0 Å². The number of carbonyl (C=O) groups is 1. The molecule has 3 atom stereocenters. The zero-order valence-electron chi connectivity index (χ0n) is 31.0. The van der Waals surface area contributed by atoms with Crippen molar-refractivity contribution in [3.8, 4) is 5.75 Å². The van der Waals surface area contributed by atoms with Gasteiger partial charge in [0.1, 0.15) is 12.4 Å². The Morgan fingerprint density at radius 2 is 1.53 bits per heavy atom. The molecule has 2 aromatic carbocycles. The predicted molar refractivity (Wildman–Crippen MR) is 195 cm³/mol. The van der Waals surface area contributed by atoms with Gasteiger partial charge in [0.25, 0.3) is 0 Å². The Morgan fingerprint density at radius 1 is 0.878 bits per heavy atom. The van der Waals surface area contributed by atoms with Gasteiger partial charge in [0.05, 0.1) is 57.4 Å². The summed E-state index contributed by atoms with van der Waals surface area (Å²) in [4.78, 5) is 16.4. The van der Waals surface area contributed by atoms with Crippen molar-refractivity contribution in [2.24, 2.45) is 0 Å². The van der Waals surface area contributed by atoms with Crippen molar-refractivity contribution >= 4 is 20.1 Å². The molecule has 1 fully saturated rings. The highest BCUT2D eigenvalue weighted by Gasteiger charge is 2.50. The van der Waals surface area contributed by atoms with Gasteiger partial charge < -0.3 is 43.0 Å². The Bertz CT molecular complexity index is 1290. The van der Waals surface area contributed by atoms with Crippen LogP contribution in [0.25, 0.3) is 0 Å². The number of amides is 1. The average Bonchev–Trinajstić information content (AvgIpc) is 3.08. The van der Waals surface area contributed by atoms with E-state index < -0.39 is 20.5 Å². The molecule has 49 heavy (non-hydrogen) atoms. The van der Waals surface area contributed by atoms with E-state index in [1.54, 1.807) is 14.2 Å².